The first-order chi connectivity index (χ1) is 9.66. The summed E-state index contributed by atoms with van der Waals surface area (Å²) in [5.41, 5.74) is 0.428. The quantitative estimate of drug-likeness (QED) is 0.661. The third-order valence-corrected chi connectivity index (χ3v) is 3.68. The predicted octanol–water partition coefficient (Wildman–Crippen LogP) is 3.07. The van der Waals surface area contributed by atoms with E-state index >= 15 is 0 Å². The Bertz CT molecular complexity index is 406. The Morgan fingerprint density at radius 1 is 0.950 bits per heavy atom. The van der Waals surface area contributed by atoms with Crippen molar-refractivity contribution in [2.24, 2.45) is 0 Å². The molecule has 20 heavy (non-hydrogen) atoms. The summed E-state index contributed by atoms with van der Waals surface area (Å²) in [6.45, 7) is 4.30. The van der Waals surface area contributed by atoms with Gasteiger partial charge in [0.05, 0.1) is 0 Å². The Morgan fingerprint density at radius 2 is 1.55 bits per heavy atom. The maximum absolute atomic E-state index is 13.0. The molecule has 1 aromatic rings. The average Bonchev–Trinajstić information content (AvgIpc) is 2.69. The number of hydrogen-bond acceptors (Lipinski definition) is 2. The van der Waals surface area contributed by atoms with Gasteiger partial charge >= 0.3 is 0 Å². The van der Waals surface area contributed by atoms with Crippen LogP contribution in [0.15, 0.2) is 12.1 Å². The average molecular weight is 286 g/mol. The van der Waals surface area contributed by atoms with E-state index < -0.39 is 17.5 Å². The van der Waals surface area contributed by atoms with Crippen LogP contribution in [0.5, 0.6) is 0 Å². The first-order valence-corrected chi connectivity index (χ1v) is 7.23. The van der Waals surface area contributed by atoms with Gasteiger partial charge in [0.25, 0.3) is 0 Å². The van der Waals surface area contributed by atoms with E-state index in [4.69, 9.17) is 0 Å². The molecule has 1 saturated heterocycles. The normalized spacial score (nSPS) is 17.1. The van der Waals surface area contributed by atoms with Crippen molar-refractivity contribution in [1.29, 1.82) is 0 Å². The number of nitrogens with zero attached hydrogens (tertiary/aromatic N) is 1. The molecule has 1 aliphatic rings. The van der Waals surface area contributed by atoms with E-state index in [1.807, 2.05) is 0 Å². The Hall–Kier alpha value is -1.07. The summed E-state index contributed by atoms with van der Waals surface area (Å²) in [6.07, 6.45) is 5.10. The maximum Gasteiger partial charge on any atom is 0.194 e. The van der Waals surface area contributed by atoms with Crippen molar-refractivity contribution in [1.82, 2.24) is 10.2 Å². The lowest BCUT2D eigenvalue weighted by Gasteiger charge is -2.19. The summed E-state index contributed by atoms with van der Waals surface area (Å²) in [4.78, 5) is 2.41. The fraction of sp³-hybridized carbons (Fsp3) is 0.600. The highest BCUT2D eigenvalue weighted by Gasteiger charge is 2.11. The lowest BCUT2D eigenvalue weighted by Crippen LogP contribution is -2.32. The smallest absolute Gasteiger partial charge is 0.194 e. The van der Waals surface area contributed by atoms with E-state index in [0.717, 1.165) is 38.3 Å². The molecule has 0 saturated carbocycles. The fourth-order valence-electron chi connectivity index (χ4n) is 2.54. The first-order valence-electron chi connectivity index (χ1n) is 7.23. The molecule has 1 N–H and O–H groups in total. The zero-order valence-electron chi connectivity index (χ0n) is 11.6. The van der Waals surface area contributed by atoms with Crippen LogP contribution in [-0.2, 0) is 6.54 Å². The summed E-state index contributed by atoms with van der Waals surface area (Å²) in [7, 11) is 0. The lowest BCUT2D eigenvalue weighted by atomic mass is 10.2. The molecular formula is C15H21F3N2. The highest BCUT2D eigenvalue weighted by Crippen LogP contribution is 2.13. The Labute approximate surface area is 118 Å². The number of likely N-dealkylation sites (tertiary alicyclic amines) is 1. The SMILES string of the molecule is Fc1cc(CNCCN2CCCCCC2)cc(F)c1F. The fourth-order valence-corrected chi connectivity index (χ4v) is 2.54. The van der Waals surface area contributed by atoms with Crippen LogP contribution >= 0.6 is 0 Å². The number of hydrogen-bond donors (Lipinski definition) is 1. The van der Waals surface area contributed by atoms with E-state index in [2.05, 4.69) is 10.2 Å². The van der Waals surface area contributed by atoms with Gasteiger partial charge < -0.3 is 10.2 Å². The zero-order valence-corrected chi connectivity index (χ0v) is 11.6. The van der Waals surface area contributed by atoms with Gasteiger partial charge in [-0.2, -0.15) is 0 Å². The van der Waals surface area contributed by atoms with Crippen molar-refractivity contribution in [3.63, 3.8) is 0 Å². The van der Waals surface area contributed by atoms with Crippen molar-refractivity contribution < 1.29 is 13.2 Å². The van der Waals surface area contributed by atoms with Gasteiger partial charge in [0.2, 0.25) is 0 Å². The minimum atomic E-state index is -1.40. The molecule has 0 radical (unpaired) electrons. The first kappa shape index (κ1) is 15.3. The van der Waals surface area contributed by atoms with E-state index in [1.54, 1.807) is 0 Å². The monoisotopic (exact) mass is 286 g/mol. The summed E-state index contributed by atoms with van der Waals surface area (Å²) in [5.74, 6) is -3.66. The molecule has 1 aromatic carbocycles. The van der Waals surface area contributed by atoms with E-state index in [9.17, 15) is 13.2 Å². The van der Waals surface area contributed by atoms with Crippen molar-refractivity contribution in [2.75, 3.05) is 26.2 Å². The van der Waals surface area contributed by atoms with Crippen LogP contribution in [0.4, 0.5) is 13.2 Å². The van der Waals surface area contributed by atoms with Gasteiger partial charge in [-0.25, -0.2) is 13.2 Å². The molecule has 1 heterocycles. The van der Waals surface area contributed by atoms with Crippen molar-refractivity contribution in [3.8, 4) is 0 Å². The van der Waals surface area contributed by atoms with E-state index in [-0.39, 0.29) is 0 Å². The molecule has 0 bridgehead atoms. The lowest BCUT2D eigenvalue weighted by molar-refractivity contribution is 0.284. The molecule has 0 unspecified atom stereocenters. The van der Waals surface area contributed by atoms with Crippen LogP contribution in [0, 0.1) is 17.5 Å². The minimum Gasteiger partial charge on any atom is -0.311 e. The van der Waals surface area contributed by atoms with Gasteiger partial charge in [0, 0.05) is 19.6 Å². The standard InChI is InChI=1S/C15H21F3N2/c16-13-9-12(10-14(17)15(13)18)11-19-5-8-20-6-3-1-2-4-7-20/h9-10,19H,1-8,11H2. The number of rotatable bonds is 5. The minimum absolute atomic E-state index is 0.349. The van der Waals surface area contributed by atoms with Crippen LogP contribution in [0.3, 0.4) is 0 Å². The van der Waals surface area contributed by atoms with Gasteiger partial charge in [-0.05, 0) is 43.6 Å². The largest absolute Gasteiger partial charge is 0.311 e. The molecule has 2 rings (SSSR count). The number of nitrogens with one attached hydrogen (secondary N) is 1. The van der Waals surface area contributed by atoms with Gasteiger partial charge in [-0.15, -0.1) is 0 Å². The molecule has 0 spiro atoms. The number of halogens is 3. The van der Waals surface area contributed by atoms with E-state index in [1.165, 1.54) is 25.7 Å². The van der Waals surface area contributed by atoms with Crippen LogP contribution in [0.25, 0.3) is 0 Å². The molecular weight excluding hydrogens is 265 g/mol. The molecule has 1 fully saturated rings. The van der Waals surface area contributed by atoms with Gasteiger partial charge in [0.15, 0.2) is 17.5 Å². The molecule has 0 amide bonds. The molecule has 0 atom stereocenters. The highest BCUT2D eigenvalue weighted by molar-refractivity contribution is 5.19. The Kier molecular flexibility index (Phi) is 5.86. The van der Waals surface area contributed by atoms with E-state index in [0.29, 0.717) is 12.1 Å². The van der Waals surface area contributed by atoms with Gasteiger partial charge in [-0.3, -0.25) is 0 Å². The Balaban J connectivity index is 1.73. The molecule has 0 aromatic heterocycles. The molecule has 0 aliphatic carbocycles. The van der Waals surface area contributed by atoms with Crippen molar-refractivity contribution in [2.45, 2.75) is 32.2 Å². The van der Waals surface area contributed by atoms with Gasteiger partial charge in [-0.1, -0.05) is 12.8 Å². The summed E-state index contributed by atoms with van der Waals surface area (Å²) < 4.78 is 38.9. The third kappa shape index (κ3) is 4.49. The second kappa shape index (κ2) is 7.64. The molecule has 112 valence electrons. The number of benzene rings is 1. The van der Waals surface area contributed by atoms with Crippen LogP contribution in [0.2, 0.25) is 0 Å². The van der Waals surface area contributed by atoms with Crippen LogP contribution < -0.4 is 5.32 Å². The molecule has 5 heteroatoms. The summed E-state index contributed by atoms with van der Waals surface area (Å²) in [6, 6.07) is 2.08. The highest BCUT2D eigenvalue weighted by atomic mass is 19.2. The van der Waals surface area contributed by atoms with Crippen LogP contribution in [0.1, 0.15) is 31.2 Å². The molecule has 2 nitrogen and oxygen atoms in total. The van der Waals surface area contributed by atoms with Crippen LogP contribution in [-0.4, -0.2) is 31.1 Å². The van der Waals surface area contributed by atoms with Crippen molar-refractivity contribution in [3.05, 3.63) is 35.1 Å². The zero-order chi connectivity index (χ0) is 14.4. The predicted molar refractivity (Wildman–Crippen MR) is 72.9 cm³/mol. The summed E-state index contributed by atoms with van der Waals surface area (Å²) in [5, 5.41) is 3.15. The Morgan fingerprint density at radius 3 is 2.15 bits per heavy atom. The second-order valence-electron chi connectivity index (χ2n) is 5.31. The summed E-state index contributed by atoms with van der Waals surface area (Å²) >= 11 is 0. The maximum atomic E-state index is 13.0. The second-order valence-corrected chi connectivity index (χ2v) is 5.31. The third-order valence-electron chi connectivity index (χ3n) is 3.68. The van der Waals surface area contributed by atoms with Gasteiger partial charge in [0.1, 0.15) is 0 Å². The topological polar surface area (TPSA) is 15.3 Å². The molecule has 1 aliphatic heterocycles. The van der Waals surface area contributed by atoms with Crippen molar-refractivity contribution >= 4 is 0 Å².